The highest BCUT2D eigenvalue weighted by molar-refractivity contribution is 5.78. The van der Waals surface area contributed by atoms with Gasteiger partial charge < -0.3 is 4.74 Å². The van der Waals surface area contributed by atoms with Crippen LogP contribution >= 0.6 is 0 Å². The number of halogens is 34. The summed E-state index contributed by atoms with van der Waals surface area (Å²) in [5, 5.41) is 0. The molecule has 0 radical (unpaired) electrons. The molecule has 7 nitrogen and oxygen atoms in total. The van der Waals surface area contributed by atoms with Gasteiger partial charge in [-0.1, -0.05) is 0 Å². The van der Waals surface area contributed by atoms with Crippen LogP contribution in [-0.4, -0.2) is 115 Å². The van der Waals surface area contributed by atoms with Gasteiger partial charge in [-0.05, 0) is 0 Å². The highest BCUT2D eigenvalue weighted by atomic mass is 19.4. The van der Waals surface area contributed by atoms with E-state index in [4.69, 9.17) is 0 Å². The summed E-state index contributed by atoms with van der Waals surface area (Å²) >= 11 is 0. The van der Waals surface area contributed by atoms with Gasteiger partial charge in [-0.25, -0.2) is 0 Å². The Morgan fingerprint density at radius 3 is 0.817 bits per heavy atom. The maximum Gasteiger partial charge on any atom is 0.459 e. The Bertz CT molecular complexity index is 1560. The van der Waals surface area contributed by atoms with Crippen molar-refractivity contribution in [2.45, 2.75) is 96.4 Å². The van der Waals surface area contributed by atoms with Gasteiger partial charge in [0.15, 0.2) is 0 Å². The maximum absolute atomic E-state index is 15.4. The summed E-state index contributed by atoms with van der Waals surface area (Å²) in [6.45, 7) is -4.43. The average molecular weight is 988 g/mol. The predicted molar refractivity (Wildman–Crippen MR) is 102 cm³/mol. The van der Waals surface area contributed by atoms with Crippen molar-refractivity contribution in [3.05, 3.63) is 0 Å². The summed E-state index contributed by atoms with van der Waals surface area (Å²) in [5.41, 5.74) is 0. The third-order valence-corrected chi connectivity index (χ3v) is 5.76. The summed E-state index contributed by atoms with van der Waals surface area (Å²) < 4.78 is 467. The first-order valence-corrected chi connectivity index (χ1v) is 12.3. The second-order valence-corrected chi connectivity index (χ2v) is 10.0. The molecule has 0 saturated heterocycles. The van der Waals surface area contributed by atoms with Gasteiger partial charge in [0.05, 0.1) is 0 Å². The van der Waals surface area contributed by atoms with Crippen LogP contribution in [-0.2, 0) is 33.3 Å². The monoisotopic (exact) mass is 988 g/mol. The number of hydrogen-bond acceptors (Lipinski definition) is 7. The van der Waals surface area contributed by atoms with E-state index < -0.39 is 115 Å². The van der Waals surface area contributed by atoms with Crippen LogP contribution in [0.3, 0.4) is 0 Å². The Hall–Kier alpha value is -3.24. The molecule has 0 aromatic rings. The van der Waals surface area contributed by atoms with Gasteiger partial charge in [0.1, 0.15) is 6.61 Å². The number of carbonyl (C=O) groups excluding carboxylic acids is 2. The molecule has 60 heavy (non-hydrogen) atoms. The average Bonchev–Trinajstić information content (AvgIpc) is 2.95. The molecule has 358 valence electrons. The molecule has 0 N–H and O–H groups in total. The Kier molecular flexibility index (Phi) is 14.4. The first-order valence-electron chi connectivity index (χ1n) is 12.3. The van der Waals surface area contributed by atoms with E-state index >= 15 is 4.39 Å². The topological polar surface area (TPSA) is 80.3 Å². The van der Waals surface area contributed by atoms with Gasteiger partial charge in [0.25, 0.3) is 0 Å². The SMILES string of the molecule is O=C(F)C(F)(OC(F)(F)C(F)(OC(F)(F)C(F)(F)C(F)(OC(F)(C(F)(F)F)C(F)(F)OC(F)(C(=O)F)C(F)(F)F)C(F)(F)C(F)(F)OCC(F)(F)F)C(F)(F)F)C(F)(F)F. The lowest BCUT2D eigenvalue weighted by Crippen LogP contribution is -2.77. The first-order chi connectivity index (χ1) is 25.4. The number of alkyl halides is 32. The van der Waals surface area contributed by atoms with Crippen molar-refractivity contribution in [3.8, 4) is 0 Å². The second-order valence-electron chi connectivity index (χ2n) is 10.0. The molecule has 0 aliphatic rings. The predicted octanol–water partition coefficient (Wildman–Crippen LogP) is 9.84. The van der Waals surface area contributed by atoms with Crippen LogP contribution in [0.15, 0.2) is 0 Å². The molecule has 0 aromatic carbocycles. The fourth-order valence-electron chi connectivity index (χ4n) is 2.87. The lowest BCUT2D eigenvalue weighted by atomic mass is 9.99. The van der Waals surface area contributed by atoms with Crippen LogP contribution in [0.2, 0.25) is 0 Å². The van der Waals surface area contributed by atoms with E-state index in [1.807, 2.05) is 0 Å². The number of ether oxygens (including phenoxy) is 5. The molecular formula is C19H2F34O7. The Morgan fingerprint density at radius 2 is 0.583 bits per heavy atom. The van der Waals surface area contributed by atoms with Crippen molar-refractivity contribution < 1.29 is 183 Å². The molecule has 0 rings (SSSR count). The Balaban J connectivity index is 8.66. The van der Waals surface area contributed by atoms with Crippen molar-refractivity contribution in [2.75, 3.05) is 6.61 Å². The molecule has 0 aliphatic carbocycles. The van der Waals surface area contributed by atoms with Crippen LogP contribution in [0.25, 0.3) is 0 Å². The van der Waals surface area contributed by atoms with E-state index in [1.54, 1.807) is 4.74 Å². The minimum absolute atomic E-state index is 0.706. The van der Waals surface area contributed by atoms with Crippen LogP contribution in [0.4, 0.5) is 149 Å². The van der Waals surface area contributed by atoms with E-state index in [9.17, 15) is 154 Å². The molecule has 0 saturated carbocycles. The summed E-state index contributed by atoms with van der Waals surface area (Å²) in [5.74, 6) is -65.3. The molecule has 0 amide bonds. The van der Waals surface area contributed by atoms with E-state index in [0.29, 0.717) is 4.74 Å². The Labute approximate surface area is 299 Å². The molecule has 41 heteroatoms. The molecule has 0 heterocycles. The number of carbonyl (C=O) groups is 2. The molecule has 5 atom stereocenters. The van der Waals surface area contributed by atoms with E-state index in [1.165, 1.54) is 0 Å². The van der Waals surface area contributed by atoms with E-state index in [2.05, 4.69) is 0 Å². The van der Waals surface area contributed by atoms with Crippen molar-refractivity contribution in [1.82, 2.24) is 0 Å². The summed E-state index contributed by atoms with van der Waals surface area (Å²) in [6, 6.07) is -10.7. The van der Waals surface area contributed by atoms with Crippen LogP contribution in [0, 0.1) is 0 Å². The highest BCUT2D eigenvalue weighted by Crippen LogP contribution is 2.64. The summed E-state index contributed by atoms with van der Waals surface area (Å²) in [6.07, 6.45) is -78.1. The van der Waals surface area contributed by atoms with Crippen LogP contribution in [0.1, 0.15) is 0 Å². The van der Waals surface area contributed by atoms with Crippen LogP contribution < -0.4 is 0 Å². The molecular weight excluding hydrogens is 986 g/mol. The molecule has 0 spiro atoms. The second kappa shape index (κ2) is 15.2. The normalized spacial score (nSPS) is 20.4. The summed E-state index contributed by atoms with van der Waals surface area (Å²) in [4.78, 5) is 20.4. The third kappa shape index (κ3) is 9.40. The van der Waals surface area contributed by atoms with Crippen molar-refractivity contribution in [1.29, 1.82) is 0 Å². The lowest BCUT2D eigenvalue weighted by molar-refractivity contribution is -0.583. The fraction of sp³-hybridized carbons (Fsp3) is 0.895. The molecule has 0 fully saturated rings. The van der Waals surface area contributed by atoms with Gasteiger partial charge in [0, 0.05) is 0 Å². The van der Waals surface area contributed by atoms with Gasteiger partial charge in [0.2, 0.25) is 0 Å². The van der Waals surface area contributed by atoms with Crippen molar-refractivity contribution >= 4 is 12.1 Å². The maximum atomic E-state index is 15.4. The quantitative estimate of drug-likeness (QED) is 0.100. The van der Waals surface area contributed by atoms with Gasteiger partial charge in [-0.3, -0.25) is 28.5 Å². The zero-order valence-electron chi connectivity index (χ0n) is 25.4. The Morgan fingerprint density at radius 1 is 0.317 bits per heavy atom. The van der Waals surface area contributed by atoms with Gasteiger partial charge in [-0.15, -0.1) is 0 Å². The molecule has 5 unspecified atom stereocenters. The molecule has 0 bridgehead atoms. The molecule has 0 aliphatic heterocycles. The molecule has 0 aromatic heterocycles. The van der Waals surface area contributed by atoms with Crippen molar-refractivity contribution in [2.24, 2.45) is 0 Å². The van der Waals surface area contributed by atoms with E-state index in [0.717, 1.165) is 14.2 Å². The number of rotatable bonds is 18. The standard InChI is InChI=1S/C19H2F34O7/c20-2(54)5(25,12(34,35)36)57-18(50,51)10(32,14(40,41)42)59-9(31,7(27,28)16(46,47)56-1-4(22,23)24)8(29,30)17(48,49)60-11(33,15(43,44)45)19(52,53)58-6(26,3(21)55)13(37,38)39/h1H2. The summed E-state index contributed by atoms with van der Waals surface area (Å²) in [7, 11) is 0. The van der Waals surface area contributed by atoms with Gasteiger partial charge in [-0.2, -0.15) is 149 Å². The largest absolute Gasteiger partial charge is 0.459 e. The van der Waals surface area contributed by atoms with Crippen LogP contribution in [0.5, 0.6) is 0 Å². The lowest BCUT2D eigenvalue weighted by Gasteiger charge is -2.47. The zero-order valence-corrected chi connectivity index (χ0v) is 25.4. The zero-order chi connectivity index (χ0) is 49.4. The van der Waals surface area contributed by atoms with Gasteiger partial charge >= 0.3 is 109 Å². The minimum Gasteiger partial charge on any atom is -0.306 e. The fourth-order valence-corrected chi connectivity index (χ4v) is 2.87. The first kappa shape index (κ1) is 56.8. The smallest absolute Gasteiger partial charge is 0.306 e. The minimum atomic E-state index is -10.3. The van der Waals surface area contributed by atoms with E-state index in [-0.39, 0.29) is 0 Å². The third-order valence-electron chi connectivity index (χ3n) is 5.76. The van der Waals surface area contributed by atoms with Crippen molar-refractivity contribution in [3.63, 3.8) is 0 Å². The number of hydrogen-bond donors (Lipinski definition) is 0. The highest BCUT2D eigenvalue weighted by Gasteiger charge is 2.95.